The molecule has 0 amide bonds. The number of hydrogen-bond acceptors (Lipinski definition) is 5. The summed E-state index contributed by atoms with van der Waals surface area (Å²) < 4.78 is 5.17. The van der Waals surface area contributed by atoms with Gasteiger partial charge in [0.2, 0.25) is 0 Å². The summed E-state index contributed by atoms with van der Waals surface area (Å²) in [5.74, 6) is 0.339. The van der Waals surface area contributed by atoms with Crippen molar-refractivity contribution in [2.45, 2.75) is 24.9 Å². The molecule has 0 spiro atoms. The molecule has 0 aromatic heterocycles. The molecule has 2 aliphatic rings. The fourth-order valence-corrected chi connectivity index (χ4v) is 3.51. The highest BCUT2D eigenvalue weighted by Gasteiger charge is 2.39. The monoisotopic (exact) mass is 277 g/mol. The van der Waals surface area contributed by atoms with Crippen molar-refractivity contribution in [1.82, 2.24) is 4.90 Å². The van der Waals surface area contributed by atoms with Crippen molar-refractivity contribution >= 4 is 11.4 Å². The third kappa shape index (κ3) is 2.10. The predicted octanol–water partition coefficient (Wildman–Crippen LogP) is 1.89. The Kier molecular flexibility index (Phi) is 3.25. The van der Waals surface area contributed by atoms with E-state index in [2.05, 4.69) is 16.8 Å². The van der Waals surface area contributed by atoms with Crippen LogP contribution in [-0.4, -0.2) is 49.2 Å². The molecule has 1 aromatic rings. The molecular weight excluding hydrogens is 258 g/mol. The van der Waals surface area contributed by atoms with E-state index in [9.17, 15) is 10.1 Å². The number of benzene rings is 1. The van der Waals surface area contributed by atoms with Crippen LogP contribution in [0.4, 0.5) is 11.4 Å². The van der Waals surface area contributed by atoms with Gasteiger partial charge < -0.3 is 14.5 Å². The predicted molar refractivity (Wildman–Crippen MR) is 76.4 cm³/mol. The molecule has 108 valence electrons. The van der Waals surface area contributed by atoms with Crippen LogP contribution in [-0.2, 0) is 0 Å². The van der Waals surface area contributed by atoms with E-state index in [0.29, 0.717) is 17.8 Å². The third-order valence-corrected chi connectivity index (χ3v) is 4.32. The van der Waals surface area contributed by atoms with Crippen LogP contribution in [0.25, 0.3) is 0 Å². The number of nitro groups is 1. The number of nitrogens with zero attached hydrogens (tertiary/aromatic N) is 3. The Labute approximate surface area is 118 Å². The van der Waals surface area contributed by atoms with Crippen LogP contribution >= 0.6 is 0 Å². The van der Waals surface area contributed by atoms with Crippen LogP contribution in [0, 0.1) is 10.1 Å². The van der Waals surface area contributed by atoms with Crippen LogP contribution in [0.2, 0.25) is 0 Å². The van der Waals surface area contributed by atoms with Gasteiger partial charge in [-0.2, -0.15) is 0 Å². The van der Waals surface area contributed by atoms with Crippen molar-refractivity contribution in [2.24, 2.45) is 0 Å². The molecule has 20 heavy (non-hydrogen) atoms. The molecule has 3 rings (SSSR count). The Balaban J connectivity index is 1.93. The number of methoxy groups -OCH3 is 1. The van der Waals surface area contributed by atoms with E-state index in [4.69, 9.17) is 4.74 Å². The van der Waals surface area contributed by atoms with Crippen LogP contribution in [0.5, 0.6) is 5.75 Å². The second kappa shape index (κ2) is 4.94. The molecule has 2 saturated heterocycles. The summed E-state index contributed by atoms with van der Waals surface area (Å²) >= 11 is 0. The first-order chi connectivity index (χ1) is 9.60. The molecule has 6 heteroatoms. The van der Waals surface area contributed by atoms with Crippen molar-refractivity contribution in [2.75, 3.05) is 32.1 Å². The largest absolute Gasteiger partial charge is 0.490 e. The number of rotatable bonds is 3. The topological polar surface area (TPSA) is 58.8 Å². The van der Waals surface area contributed by atoms with E-state index >= 15 is 0 Å². The van der Waals surface area contributed by atoms with Gasteiger partial charge in [-0.15, -0.1) is 0 Å². The van der Waals surface area contributed by atoms with Crippen LogP contribution < -0.4 is 9.64 Å². The average Bonchev–Trinajstić information content (AvgIpc) is 2.70. The fraction of sp³-hybridized carbons (Fsp3) is 0.571. The second-order valence-electron chi connectivity index (χ2n) is 5.63. The quantitative estimate of drug-likeness (QED) is 0.623. The maximum Gasteiger partial charge on any atom is 0.311 e. The number of ether oxygens (including phenoxy) is 1. The Morgan fingerprint density at radius 1 is 1.30 bits per heavy atom. The first-order valence-electron chi connectivity index (χ1n) is 6.89. The number of piperazine rings is 1. The smallest absolute Gasteiger partial charge is 0.311 e. The molecule has 0 aliphatic carbocycles. The maximum atomic E-state index is 11.0. The average molecular weight is 277 g/mol. The van der Waals surface area contributed by atoms with E-state index in [1.54, 1.807) is 12.1 Å². The molecule has 0 N–H and O–H groups in total. The van der Waals surface area contributed by atoms with Gasteiger partial charge in [-0.25, -0.2) is 0 Å². The highest BCUT2D eigenvalue weighted by atomic mass is 16.6. The normalized spacial score (nSPS) is 25.8. The number of fused-ring (bicyclic) bond motifs is 2. The van der Waals surface area contributed by atoms with E-state index in [-0.39, 0.29) is 5.69 Å². The molecule has 2 heterocycles. The molecule has 2 atom stereocenters. The number of nitro benzene ring substituents is 1. The van der Waals surface area contributed by atoms with E-state index in [1.165, 1.54) is 20.0 Å². The summed E-state index contributed by atoms with van der Waals surface area (Å²) in [7, 11) is 3.63. The molecule has 2 unspecified atom stereocenters. The van der Waals surface area contributed by atoms with Crippen LogP contribution in [0.15, 0.2) is 18.2 Å². The first kappa shape index (κ1) is 13.2. The third-order valence-electron chi connectivity index (χ3n) is 4.32. The minimum atomic E-state index is -0.402. The summed E-state index contributed by atoms with van der Waals surface area (Å²) in [4.78, 5) is 15.3. The summed E-state index contributed by atoms with van der Waals surface area (Å²) in [6, 6.07) is 6.20. The Hall–Kier alpha value is -1.82. The van der Waals surface area contributed by atoms with Gasteiger partial charge in [-0.3, -0.25) is 10.1 Å². The van der Waals surface area contributed by atoms with Crippen molar-refractivity contribution in [1.29, 1.82) is 0 Å². The highest BCUT2D eigenvalue weighted by molar-refractivity contribution is 5.61. The number of likely N-dealkylation sites (tertiary alicyclic amines) is 1. The van der Waals surface area contributed by atoms with Crippen molar-refractivity contribution < 1.29 is 9.66 Å². The van der Waals surface area contributed by atoms with Gasteiger partial charge in [-0.1, -0.05) is 0 Å². The lowest BCUT2D eigenvalue weighted by atomic mass is 10.1. The minimum Gasteiger partial charge on any atom is -0.490 e. The van der Waals surface area contributed by atoms with E-state index in [0.717, 1.165) is 18.8 Å². The molecular formula is C14H19N3O3. The highest BCUT2D eigenvalue weighted by Crippen LogP contribution is 2.38. The fourth-order valence-electron chi connectivity index (χ4n) is 3.51. The standard InChI is InChI=1S/C14H19N3O3/c1-15-8-11-3-4-12(9-15)16(11)10-5-6-13(17(18)19)14(7-10)20-2/h5-7,11-12H,3-4,8-9H2,1-2H3. The maximum absolute atomic E-state index is 11.0. The van der Waals surface area contributed by atoms with Crippen molar-refractivity contribution in [3.05, 3.63) is 28.3 Å². The van der Waals surface area contributed by atoms with Gasteiger partial charge in [0.05, 0.1) is 12.0 Å². The number of likely N-dealkylation sites (N-methyl/N-ethyl adjacent to an activating group) is 1. The first-order valence-corrected chi connectivity index (χ1v) is 6.89. The Bertz CT molecular complexity index is 520. The summed E-state index contributed by atoms with van der Waals surface area (Å²) in [5, 5.41) is 11.0. The lowest BCUT2D eigenvalue weighted by Gasteiger charge is -2.41. The molecule has 0 saturated carbocycles. The zero-order valence-electron chi connectivity index (χ0n) is 11.8. The molecule has 2 aliphatic heterocycles. The van der Waals surface area contributed by atoms with Gasteiger partial charge in [-0.05, 0) is 26.0 Å². The molecule has 2 fully saturated rings. The summed E-state index contributed by atoms with van der Waals surface area (Å²) in [5.41, 5.74) is 1.06. The van der Waals surface area contributed by atoms with Gasteiger partial charge in [0, 0.05) is 43.0 Å². The lowest BCUT2D eigenvalue weighted by molar-refractivity contribution is -0.385. The molecule has 2 bridgehead atoms. The van der Waals surface area contributed by atoms with Crippen molar-refractivity contribution in [3.8, 4) is 5.75 Å². The van der Waals surface area contributed by atoms with Gasteiger partial charge in [0.1, 0.15) is 0 Å². The lowest BCUT2D eigenvalue weighted by Crippen LogP contribution is -2.52. The van der Waals surface area contributed by atoms with Crippen molar-refractivity contribution in [3.63, 3.8) is 0 Å². The van der Waals surface area contributed by atoms with Crippen LogP contribution in [0.3, 0.4) is 0 Å². The Morgan fingerprint density at radius 3 is 2.50 bits per heavy atom. The van der Waals surface area contributed by atoms with Gasteiger partial charge in [0.25, 0.3) is 0 Å². The summed E-state index contributed by atoms with van der Waals surface area (Å²) in [6.45, 7) is 2.10. The van der Waals surface area contributed by atoms with E-state index in [1.807, 2.05) is 6.07 Å². The second-order valence-corrected chi connectivity index (χ2v) is 5.63. The Morgan fingerprint density at radius 2 is 1.95 bits per heavy atom. The molecule has 6 nitrogen and oxygen atoms in total. The zero-order valence-corrected chi connectivity index (χ0v) is 11.8. The van der Waals surface area contributed by atoms with E-state index < -0.39 is 4.92 Å². The molecule has 1 aromatic carbocycles. The SMILES string of the molecule is COc1cc(N2C3CCC2CN(C)C3)ccc1[N+](=O)[O-]. The summed E-state index contributed by atoms with van der Waals surface area (Å²) in [6.07, 6.45) is 2.38. The van der Waals surface area contributed by atoms with Crippen LogP contribution in [0.1, 0.15) is 12.8 Å². The molecule has 0 radical (unpaired) electrons. The van der Waals surface area contributed by atoms with Gasteiger partial charge >= 0.3 is 5.69 Å². The minimum absolute atomic E-state index is 0.0257. The number of anilines is 1. The number of hydrogen-bond donors (Lipinski definition) is 0. The zero-order chi connectivity index (χ0) is 14.3. The van der Waals surface area contributed by atoms with Gasteiger partial charge in [0.15, 0.2) is 5.75 Å².